The molecule has 0 heterocycles. The Morgan fingerprint density at radius 3 is 2.65 bits per heavy atom. The van der Waals surface area contributed by atoms with E-state index in [-0.39, 0.29) is 29.7 Å². The zero-order valence-corrected chi connectivity index (χ0v) is 16.2. The van der Waals surface area contributed by atoms with Crippen LogP contribution in [0.25, 0.3) is 0 Å². The first-order valence-electron chi connectivity index (χ1n) is 8.66. The summed E-state index contributed by atoms with van der Waals surface area (Å²) >= 11 is 5.92. The molecular formula is C20H25ClFNO3. The van der Waals surface area contributed by atoms with Crippen LogP contribution in [0.4, 0.5) is 4.39 Å². The van der Waals surface area contributed by atoms with Gasteiger partial charge in [0.1, 0.15) is 5.82 Å². The highest BCUT2D eigenvalue weighted by Gasteiger charge is 2.24. The van der Waals surface area contributed by atoms with Gasteiger partial charge in [-0.3, -0.25) is 9.59 Å². The summed E-state index contributed by atoms with van der Waals surface area (Å²) < 4.78 is 18.6. The molecule has 0 saturated heterocycles. The maximum atomic E-state index is 13.6. The highest BCUT2D eigenvalue weighted by molar-refractivity contribution is 6.45. The molecule has 1 aromatic rings. The van der Waals surface area contributed by atoms with Crippen LogP contribution in [0.15, 0.2) is 29.8 Å². The third-order valence-corrected chi connectivity index (χ3v) is 4.50. The minimum Gasteiger partial charge on any atom is -0.465 e. The average molecular weight is 382 g/mol. The Hall–Kier alpha value is -2.01. The standard InChI is InChI=1S/C20H25ClFNO3/c1-4-6-8-15(12-26-13(3)24)16(5-2)20(25)18(23)11-14-9-7-10-17(22)19(14)21/h5,7,9-10,15,23H,4,6,8,11-12H2,1-3H3/b16-5-,23-18?/t15-/m0/s1. The quantitative estimate of drug-likeness (QED) is 0.355. The molecule has 0 spiro atoms. The Bertz CT molecular complexity index is 700. The molecule has 142 valence electrons. The fourth-order valence-electron chi connectivity index (χ4n) is 2.68. The number of carbonyl (C=O) groups excluding carboxylic acids is 2. The Kier molecular flexibility index (Phi) is 9.21. The highest BCUT2D eigenvalue weighted by Crippen LogP contribution is 2.24. The van der Waals surface area contributed by atoms with Gasteiger partial charge in [-0.15, -0.1) is 0 Å². The minimum absolute atomic E-state index is 0.0547. The lowest BCUT2D eigenvalue weighted by Crippen LogP contribution is -2.26. The number of rotatable bonds is 10. The molecule has 0 aromatic heterocycles. The van der Waals surface area contributed by atoms with Gasteiger partial charge in [0.05, 0.1) is 17.3 Å². The monoisotopic (exact) mass is 381 g/mol. The summed E-state index contributed by atoms with van der Waals surface area (Å²) in [5, 5.41) is 8.07. The fraction of sp³-hybridized carbons (Fsp3) is 0.450. The number of halogens is 2. The highest BCUT2D eigenvalue weighted by atomic mass is 35.5. The zero-order valence-electron chi connectivity index (χ0n) is 15.4. The number of benzene rings is 1. The van der Waals surface area contributed by atoms with E-state index in [9.17, 15) is 14.0 Å². The Labute approximate surface area is 158 Å². The van der Waals surface area contributed by atoms with Crippen molar-refractivity contribution in [2.75, 3.05) is 6.61 Å². The molecule has 0 unspecified atom stereocenters. The third-order valence-electron chi connectivity index (χ3n) is 4.08. The van der Waals surface area contributed by atoms with Crippen LogP contribution in [0.1, 0.15) is 45.6 Å². The van der Waals surface area contributed by atoms with Crippen molar-refractivity contribution in [3.63, 3.8) is 0 Å². The van der Waals surface area contributed by atoms with Crippen LogP contribution in [-0.4, -0.2) is 24.1 Å². The molecule has 1 aromatic carbocycles. The van der Waals surface area contributed by atoms with Crippen LogP contribution in [0.2, 0.25) is 5.02 Å². The number of allylic oxidation sites excluding steroid dienone is 1. The third kappa shape index (κ3) is 6.37. The van der Waals surface area contributed by atoms with E-state index in [2.05, 4.69) is 0 Å². The number of esters is 1. The number of Topliss-reactive ketones (excluding diaryl/α,β-unsaturated/α-hetero) is 1. The maximum Gasteiger partial charge on any atom is 0.302 e. The summed E-state index contributed by atoms with van der Waals surface area (Å²) in [7, 11) is 0. The number of hydrogen-bond acceptors (Lipinski definition) is 4. The first-order valence-corrected chi connectivity index (χ1v) is 9.04. The van der Waals surface area contributed by atoms with Crippen molar-refractivity contribution >= 4 is 29.1 Å². The van der Waals surface area contributed by atoms with Crippen molar-refractivity contribution in [2.24, 2.45) is 5.92 Å². The van der Waals surface area contributed by atoms with Gasteiger partial charge in [0.2, 0.25) is 5.78 Å². The van der Waals surface area contributed by atoms with Crippen molar-refractivity contribution in [2.45, 2.75) is 46.5 Å². The molecule has 6 heteroatoms. The van der Waals surface area contributed by atoms with E-state index in [0.717, 1.165) is 12.8 Å². The molecule has 0 bridgehead atoms. The van der Waals surface area contributed by atoms with Crippen molar-refractivity contribution in [1.82, 2.24) is 0 Å². The second kappa shape index (κ2) is 10.9. The van der Waals surface area contributed by atoms with E-state index in [4.69, 9.17) is 21.7 Å². The summed E-state index contributed by atoms with van der Waals surface area (Å²) in [5.74, 6) is -1.68. The molecule has 0 radical (unpaired) electrons. The topological polar surface area (TPSA) is 67.2 Å². The van der Waals surface area contributed by atoms with Gasteiger partial charge >= 0.3 is 5.97 Å². The molecule has 0 saturated carbocycles. The molecule has 0 fully saturated rings. The van der Waals surface area contributed by atoms with Crippen molar-refractivity contribution < 1.29 is 18.7 Å². The minimum atomic E-state index is -0.577. The van der Waals surface area contributed by atoms with Gasteiger partial charge in [-0.05, 0) is 25.0 Å². The van der Waals surface area contributed by atoms with E-state index in [0.29, 0.717) is 17.6 Å². The Morgan fingerprint density at radius 2 is 2.08 bits per heavy atom. The van der Waals surface area contributed by atoms with E-state index < -0.39 is 17.6 Å². The van der Waals surface area contributed by atoms with E-state index >= 15 is 0 Å². The number of nitrogens with one attached hydrogen (secondary N) is 1. The Balaban J connectivity index is 2.94. The number of hydrogen-bond donors (Lipinski definition) is 1. The van der Waals surface area contributed by atoms with Gasteiger partial charge < -0.3 is 10.1 Å². The summed E-state index contributed by atoms with van der Waals surface area (Å²) in [6, 6.07) is 4.32. The largest absolute Gasteiger partial charge is 0.465 e. The molecule has 1 N–H and O–H groups in total. The molecule has 0 amide bonds. The van der Waals surface area contributed by atoms with Crippen LogP contribution in [0, 0.1) is 17.1 Å². The van der Waals surface area contributed by atoms with Gasteiger partial charge in [-0.1, -0.05) is 49.6 Å². The van der Waals surface area contributed by atoms with Crippen LogP contribution >= 0.6 is 11.6 Å². The second-order valence-electron chi connectivity index (χ2n) is 6.08. The molecule has 1 atom stereocenters. The van der Waals surface area contributed by atoms with E-state index in [1.165, 1.54) is 19.1 Å². The number of ketones is 1. The van der Waals surface area contributed by atoms with Gasteiger partial charge in [0.15, 0.2) is 0 Å². The molecule has 0 aliphatic rings. The summed E-state index contributed by atoms with van der Waals surface area (Å²) in [4.78, 5) is 23.9. The van der Waals surface area contributed by atoms with Crippen LogP contribution < -0.4 is 0 Å². The van der Waals surface area contributed by atoms with Crippen LogP contribution in [0.3, 0.4) is 0 Å². The van der Waals surface area contributed by atoms with Gasteiger partial charge in [0.25, 0.3) is 0 Å². The van der Waals surface area contributed by atoms with Gasteiger partial charge in [-0.25, -0.2) is 4.39 Å². The summed E-state index contributed by atoms with van der Waals surface area (Å²) in [6.45, 7) is 5.19. The van der Waals surface area contributed by atoms with Gasteiger partial charge in [0, 0.05) is 24.8 Å². The smallest absolute Gasteiger partial charge is 0.302 e. The predicted octanol–water partition coefficient (Wildman–Crippen LogP) is 4.93. The lowest BCUT2D eigenvalue weighted by molar-refractivity contribution is -0.142. The molecule has 0 aliphatic carbocycles. The van der Waals surface area contributed by atoms with Crippen molar-refractivity contribution in [1.29, 1.82) is 5.41 Å². The first kappa shape index (κ1) is 22.0. The summed E-state index contributed by atoms with van der Waals surface area (Å²) in [6.07, 6.45) is 4.11. The predicted molar refractivity (Wildman–Crippen MR) is 101 cm³/mol. The number of carbonyl (C=O) groups is 2. The fourth-order valence-corrected chi connectivity index (χ4v) is 2.87. The molecule has 26 heavy (non-hydrogen) atoms. The maximum absolute atomic E-state index is 13.6. The van der Waals surface area contributed by atoms with Gasteiger partial charge in [-0.2, -0.15) is 0 Å². The molecule has 0 aliphatic heterocycles. The zero-order chi connectivity index (χ0) is 19.7. The van der Waals surface area contributed by atoms with Crippen LogP contribution in [-0.2, 0) is 20.7 Å². The Morgan fingerprint density at radius 1 is 1.38 bits per heavy atom. The number of unbranched alkanes of at least 4 members (excludes halogenated alkanes) is 1. The normalized spacial score (nSPS) is 12.6. The second-order valence-corrected chi connectivity index (χ2v) is 6.46. The lowest BCUT2D eigenvalue weighted by Gasteiger charge is -2.19. The number of ether oxygens (including phenoxy) is 1. The lowest BCUT2D eigenvalue weighted by atomic mass is 9.88. The average Bonchev–Trinajstić information content (AvgIpc) is 2.60. The SMILES string of the molecule is C/C=C(\C(=O)C(=N)Cc1cccc(F)c1Cl)[C@@H](CCCC)COC(C)=O. The van der Waals surface area contributed by atoms with Crippen LogP contribution in [0.5, 0.6) is 0 Å². The molecule has 4 nitrogen and oxygen atoms in total. The first-order chi connectivity index (χ1) is 12.3. The molecular weight excluding hydrogens is 357 g/mol. The van der Waals surface area contributed by atoms with E-state index in [1.54, 1.807) is 19.1 Å². The molecule has 1 rings (SSSR count). The summed E-state index contributed by atoms with van der Waals surface area (Å²) in [5.41, 5.74) is 0.665. The van der Waals surface area contributed by atoms with Crippen molar-refractivity contribution in [3.8, 4) is 0 Å². The van der Waals surface area contributed by atoms with Crippen molar-refractivity contribution in [3.05, 3.63) is 46.3 Å². The van der Waals surface area contributed by atoms with E-state index in [1.807, 2.05) is 6.92 Å².